The van der Waals surface area contributed by atoms with Crippen LogP contribution < -0.4 is 10.1 Å². The summed E-state index contributed by atoms with van der Waals surface area (Å²) < 4.78 is 10.5. The number of hydrogen-bond acceptors (Lipinski definition) is 4. The molecule has 0 saturated carbocycles. The summed E-state index contributed by atoms with van der Waals surface area (Å²) in [6, 6.07) is 15.3. The van der Waals surface area contributed by atoms with Crippen molar-refractivity contribution in [1.29, 1.82) is 0 Å². The molecule has 0 radical (unpaired) electrons. The molecule has 0 atom stereocenters. The second-order valence-corrected chi connectivity index (χ2v) is 4.98. The number of anilines is 1. The van der Waals surface area contributed by atoms with Crippen molar-refractivity contribution in [1.82, 2.24) is 0 Å². The summed E-state index contributed by atoms with van der Waals surface area (Å²) in [5.41, 5.74) is 2.51. The van der Waals surface area contributed by atoms with E-state index in [1.165, 1.54) is 12.7 Å². The lowest BCUT2D eigenvalue weighted by Gasteiger charge is -2.11. The van der Waals surface area contributed by atoms with Crippen molar-refractivity contribution in [3.05, 3.63) is 59.7 Å². The zero-order valence-corrected chi connectivity index (χ0v) is 13.0. The van der Waals surface area contributed by atoms with Crippen LogP contribution in [0.5, 0.6) is 5.75 Å². The van der Waals surface area contributed by atoms with Crippen molar-refractivity contribution in [2.45, 2.75) is 13.3 Å². The molecule has 0 aromatic heterocycles. The molecule has 0 spiro atoms. The van der Waals surface area contributed by atoms with Gasteiger partial charge in [-0.05, 0) is 43.2 Å². The number of benzene rings is 2. The molecule has 4 nitrogen and oxygen atoms in total. The monoisotopic (exact) mass is 299 g/mol. The molecule has 0 saturated heterocycles. The van der Waals surface area contributed by atoms with E-state index in [1.54, 1.807) is 6.07 Å². The molecule has 4 heteroatoms. The van der Waals surface area contributed by atoms with Crippen LogP contribution in [0.2, 0.25) is 0 Å². The van der Waals surface area contributed by atoms with Gasteiger partial charge in [0.2, 0.25) is 0 Å². The van der Waals surface area contributed by atoms with Crippen LogP contribution in [0.3, 0.4) is 0 Å². The van der Waals surface area contributed by atoms with E-state index in [9.17, 15) is 4.79 Å². The van der Waals surface area contributed by atoms with Gasteiger partial charge in [-0.25, -0.2) is 4.79 Å². The van der Waals surface area contributed by atoms with Crippen LogP contribution in [0.15, 0.2) is 48.5 Å². The topological polar surface area (TPSA) is 47.6 Å². The van der Waals surface area contributed by atoms with Gasteiger partial charge in [0.1, 0.15) is 5.75 Å². The van der Waals surface area contributed by atoms with Gasteiger partial charge in [-0.3, -0.25) is 0 Å². The minimum Gasteiger partial charge on any atom is -0.494 e. The van der Waals surface area contributed by atoms with Gasteiger partial charge in [0, 0.05) is 12.2 Å². The fourth-order valence-electron chi connectivity index (χ4n) is 2.12. The third-order valence-electron chi connectivity index (χ3n) is 3.23. The third kappa shape index (κ3) is 4.52. The molecular weight excluding hydrogens is 278 g/mol. The Morgan fingerprint density at radius 1 is 1.14 bits per heavy atom. The number of esters is 1. The Balaban J connectivity index is 1.78. The lowest BCUT2D eigenvalue weighted by atomic mass is 10.2. The number of ether oxygens (including phenoxy) is 2. The lowest BCUT2D eigenvalue weighted by Crippen LogP contribution is -2.11. The second-order valence-electron chi connectivity index (χ2n) is 4.98. The van der Waals surface area contributed by atoms with Crippen molar-refractivity contribution in [3.63, 3.8) is 0 Å². The molecule has 2 aromatic carbocycles. The number of nitrogens with one attached hydrogen (secondary N) is 1. The van der Waals surface area contributed by atoms with Crippen LogP contribution in [0.25, 0.3) is 0 Å². The normalized spacial score (nSPS) is 10.1. The van der Waals surface area contributed by atoms with Gasteiger partial charge in [-0.2, -0.15) is 0 Å². The van der Waals surface area contributed by atoms with Crippen molar-refractivity contribution in [2.75, 3.05) is 25.6 Å². The average Bonchev–Trinajstić information content (AvgIpc) is 2.54. The van der Waals surface area contributed by atoms with Crippen LogP contribution >= 0.6 is 0 Å². The van der Waals surface area contributed by atoms with Crippen LogP contribution in [0.4, 0.5) is 5.69 Å². The number of rotatable bonds is 7. The molecule has 1 N–H and O–H groups in total. The minimum absolute atomic E-state index is 0.334. The van der Waals surface area contributed by atoms with Crippen molar-refractivity contribution in [2.24, 2.45) is 0 Å². The maximum absolute atomic E-state index is 11.7. The molecule has 0 bridgehead atoms. The average molecular weight is 299 g/mol. The Labute approximate surface area is 131 Å². The first-order valence-electron chi connectivity index (χ1n) is 7.31. The lowest BCUT2D eigenvalue weighted by molar-refractivity contribution is 0.0602. The van der Waals surface area contributed by atoms with E-state index in [4.69, 9.17) is 9.47 Å². The first-order chi connectivity index (χ1) is 10.7. The minimum atomic E-state index is -0.334. The summed E-state index contributed by atoms with van der Waals surface area (Å²) in [6.45, 7) is 3.38. The van der Waals surface area contributed by atoms with Gasteiger partial charge in [-0.1, -0.05) is 24.3 Å². The second kappa shape index (κ2) is 8.08. The van der Waals surface area contributed by atoms with Gasteiger partial charge in [-0.15, -0.1) is 0 Å². The number of methoxy groups -OCH3 is 1. The number of aryl methyl sites for hydroxylation is 1. The van der Waals surface area contributed by atoms with E-state index < -0.39 is 0 Å². The number of hydrogen-bond donors (Lipinski definition) is 1. The SMILES string of the molecule is COC(=O)c1ccccc1NCCCOc1cccc(C)c1. The first kappa shape index (κ1) is 15.9. The fraction of sp³-hybridized carbons (Fsp3) is 0.278. The number of para-hydroxylation sites is 1. The standard InChI is InChI=1S/C18H21NO3/c1-14-7-5-8-15(13-14)22-12-6-11-19-17-10-4-3-9-16(17)18(20)21-2/h3-5,7-10,13,19H,6,11-12H2,1-2H3. The Hall–Kier alpha value is -2.49. The predicted molar refractivity (Wildman–Crippen MR) is 87.6 cm³/mol. The van der Waals surface area contributed by atoms with E-state index in [-0.39, 0.29) is 5.97 Å². The molecule has 0 heterocycles. The summed E-state index contributed by atoms with van der Waals surface area (Å²) in [5, 5.41) is 3.25. The maximum Gasteiger partial charge on any atom is 0.339 e. The van der Waals surface area contributed by atoms with Gasteiger partial charge in [0.25, 0.3) is 0 Å². The van der Waals surface area contributed by atoms with Crippen molar-refractivity contribution in [3.8, 4) is 5.75 Å². The smallest absolute Gasteiger partial charge is 0.339 e. The summed E-state index contributed by atoms with van der Waals surface area (Å²) in [6.07, 6.45) is 0.837. The van der Waals surface area contributed by atoms with Crippen molar-refractivity contribution >= 4 is 11.7 Å². The number of carbonyl (C=O) groups excluding carboxylic acids is 1. The summed E-state index contributed by atoms with van der Waals surface area (Å²) in [4.78, 5) is 11.7. The zero-order valence-electron chi connectivity index (χ0n) is 13.0. The van der Waals surface area contributed by atoms with Crippen LogP contribution in [-0.2, 0) is 4.74 Å². The molecule has 116 valence electrons. The molecule has 0 amide bonds. The zero-order chi connectivity index (χ0) is 15.8. The Morgan fingerprint density at radius 3 is 2.73 bits per heavy atom. The third-order valence-corrected chi connectivity index (χ3v) is 3.23. The molecule has 0 fully saturated rings. The van der Waals surface area contributed by atoms with E-state index in [2.05, 4.69) is 5.32 Å². The molecular formula is C18H21NO3. The Morgan fingerprint density at radius 2 is 1.95 bits per heavy atom. The Kier molecular flexibility index (Phi) is 5.83. The van der Waals surface area contributed by atoms with Gasteiger partial charge in [0.05, 0.1) is 19.3 Å². The van der Waals surface area contributed by atoms with E-state index >= 15 is 0 Å². The number of carbonyl (C=O) groups is 1. The fourth-order valence-corrected chi connectivity index (χ4v) is 2.12. The van der Waals surface area contributed by atoms with Crippen LogP contribution in [-0.4, -0.2) is 26.2 Å². The van der Waals surface area contributed by atoms with Gasteiger partial charge in [0.15, 0.2) is 0 Å². The summed E-state index contributed by atoms with van der Waals surface area (Å²) in [7, 11) is 1.38. The van der Waals surface area contributed by atoms with Crippen LogP contribution in [0.1, 0.15) is 22.3 Å². The molecule has 0 aliphatic heterocycles. The molecule has 0 unspecified atom stereocenters. The van der Waals surface area contributed by atoms with Gasteiger partial charge >= 0.3 is 5.97 Å². The summed E-state index contributed by atoms with van der Waals surface area (Å²) in [5.74, 6) is 0.550. The molecule has 0 aliphatic carbocycles. The van der Waals surface area contributed by atoms with Crippen LogP contribution in [0, 0.1) is 6.92 Å². The highest BCUT2D eigenvalue weighted by Crippen LogP contribution is 2.16. The quantitative estimate of drug-likeness (QED) is 0.626. The molecule has 0 aliphatic rings. The first-order valence-corrected chi connectivity index (χ1v) is 7.31. The summed E-state index contributed by atoms with van der Waals surface area (Å²) >= 11 is 0. The molecule has 22 heavy (non-hydrogen) atoms. The highest BCUT2D eigenvalue weighted by atomic mass is 16.5. The largest absolute Gasteiger partial charge is 0.494 e. The highest BCUT2D eigenvalue weighted by molar-refractivity contribution is 5.95. The van der Waals surface area contributed by atoms with E-state index in [1.807, 2.05) is 49.4 Å². The molecule has 2 rings (SSSR count). The predicted octanol–water partition coefficient (Wildman–Crippen LogP) is 3.66. The highest BCUT2D eigenvalue weighted by Gasteiger charge is 2.09. The molecule has 2 aromatic rings. The van der Waals surface area contributed by atoms with Crippen molar-refractivity contribution < 1.29 is 14.3 Å². The van der Waals surface area contributed by atoms with E-state index in [0.29, 0.717) is 12.2 Å². The maximum atomic E-state index is 11.7. The Bertz CT molecular complexity index is 625. The van der Waals surface area contributed by atoms with Gasteiger partial charge < -0.3 is 14.8 Å². The van der Waals surface area contributed by atoms with E-state index in [0.717, 1.165) is 24.4 Å².